The van der Waals surface area contributed by atoms with Crippen molar-refractivity contribution in [2.45, 2.75) is 33.2 Å². The number of anilines is 1. The Morgan fingerprint density at radius 2 is 1.93 bits per heavy atom. The number of benzene rings is 2. The van der Waals surface area contributed by atoms with Crippen LogP contribution in [0.2, 0.25) is 0 Å². The average Bonchev–Trinajstić information content (AvgIpc) is 2.70. The Labute approximate surface area is 178 Å². The zero-order valence-corrected chi connectivity index (χ0v) is 18.2. The van der Waals surface area contributed by atoms with Crippen molar-refractivity contribution in [3.63, 3.8) is 0 Å². The number of piperidine rings is 1. The van der Waals surface area contributed by atoms with Crippen molar-refractivity contribution in [1.82, 2.24) is 10.2 Å². The average molecular weight is 462 g/mol. The van der Waals surface area contributed by atoms with Crippen molar-refractivity contribution in [2.75, 3.05) is 18.4 Å². The van der Waals surface area contributed by atoms with Crippen molar-refractivity contribution >= 4 is 33.6 Å². The number of halogens is 2. The van der Waals surface area contributed by atoms with Crippen molar-refractivity contribution in [3.05, 3.63) is 63.9 Å². The standard InChI is InChI=1S/C22H25BrFN3O2/c1-15-12-18(8-9-19(15)23)26-21(29)27-11-3-10-22(2,14-27)20(28)25-13-16-4-6-17(24)7-5-16/h4-9,12H,3,10-11,13-14H2,1-2H3,(H,25,28)(H,26,29). The summed E-state index contributed by atoms with van der Waals surface area (Å²) in [5, 5.41) is 5.84. The summed E-state index contributed by atoms with van der Waals surface area (Å²) < 4.78 is 14.0. The number of carbonyl (C=O) groups is 2. The molecule has 1 fully saturated rings. The Morgan fingerprint density at radius 1 is 1.21 bits per heavy atom. The van der Waals surface area contributed by atoms with Gasteiger partial charge in [0.2, 0.25) is 5.91 Å². The van der Waals surface area contributed by atoms with E-state index in [4.69, 9.17) is 0 Å². The molecule has 2 aromatic carbocycles. The molecule has 0 radical (unpaired) electrons. The lowest BCUT2D eigenvalue weighted by molar-refractivity contribution is -0.132. The summed E-state index contributed by atoms with van der Waals surface area (Å²) in [7, 11) is 0. The van der Waals surface area contributed by atoms with Crippen molar-refractivity contribution < 1.29 is 14.0 Å². The highest BCUT2D eigenvalue weighted by Crippen LogP contribution is 2.30. The van der Waals surface area contributed by atoms with Gasteiger partial charge in [-0.3, -0.25) is 4.79 Å². The first-order chi connectivity index (χ1) is 13.8. The van der Waals surface area contributed by atoms with Crippen LogP contribution in [0.4, 0.5) is 14.9 Å². The summed E-state index contributed by atoms with van der Waals surface area (Å²) in [4.78, 5) is 27.2. The Balaban J connectivity index is 1.60. The maximum absolute atomic E-state index is 13.0. The third-order valence-corrected chi connectivity index (χ3v) is 6.20. The Morgan fingerprint density at radius 3 is 2.62 bits per heavy atom. The maximum atomic E-state index is 13.0. The Hall–Kier alpha value is -2.41. The van der Waals surface area contributed by atoms with Crippen molar-refractivity contribution in [1.29, 1.82) is 0 Å². The molecule has 0 aromatic heterocycles. The molecule has 1 unspecified atom stereocenters. The molecule has 0 aliphatic carbocycles. The van der Waals surface area contributed by atoms with Gasteiger partial charge in [0.15, 0.2) is 0 Å². The van der Waals surface area contributed by atoms with Crippen LogP contribution in [0.3, 0.4) is 0 Å². The predicted molar refractivity (Wildman–Crippen MR) is 115 cm³/mol. The van der Waals surface area contributed by atoms with Crippen LogP contribution in [-0.2, 0) is 11.3 Å². The topological polar surface area (TPSA) is 61.4 Å². The molecule has 2 N–H and O–H groups in total. The number of likely N-dealkylation sites (tertiary alicyclic amines) is 1. The van der Waals surface area contributed by atoms with Gasteiger partial charge in [0.05, 0.1) is 5.41 Å². The molecule has 1 atom stereocenters. The lowest BCUT2D eigenvalue weighted by Crippen LogP contribution is -2.52. The van der Waals surface area contributed by atoms with Crippen LogP contribution < -0.4 is 10.6 Å². The first-order valence-electron chi connectivity index (χ1n) is 9.62. The highest BCUT2D eigenvalue weighted by molar-refractivity contribution is 9.10. The lowest BCUT2D eigenvalue weighted by atomic mass is 9.81. The van der Waals surface area contributed by atoms with E-state index in [1.165, 1.54) is 12.1 Å². The molecule has 3 amide bonds. The van der Waals surface area contributed by atoms with Crippen LogP contribution in [0.1, 0.15) is 30.9 Å². The number of nitrogens with zero attached hydrogens (tertiary/aromatic N) is 1. The number of hydrogen-bond donors (Lipinski definition) is 2. The van der Waals surface area contributed by atoms with E-state index in [1.54, 1.807) is 17.0 Å². The fourth-order valence-electron chi connectivity index (χ4n) is 3.52. The smallest absolute Gasteiger partial charge is 0.321 e. The molecule has 1 heterocycles. The first-order valence-corrected chi connectivity index (χ1v) is 10.4. The second-order valence-electron chi connectivity index (χ2n) is 7.79. The predicted octanol–water partition coefficient (Wildman–Crippen LogP) is 4.85. The first kappa shape index (κ1) is 21.3. The quantitative estimate of drug-likeness (QED) is 0.683. The summed E-state index contributed by atoms with van der Waals surface area (Å²) in [5.74, 6) is -0.402. The Kier molecular flexibility index (Phi) is 6.57. The van der Waals surface area contributed by atoms with E-state index < -0.39 is 5.41 Å². The van der Waals surface area contributed by atoms with Crippen LogP contribution >= 0.6 is 15.9 Å². The van der Waals surface area contributed by atoms with Gasteiger partial charge in [0, 0.05) is 29.8 Å². The minimum atomic E-state index is -0.661. The molecule has 2 aromatic rings. The molecule has 1 aliphatic heterocycles. The molecule has 0 spiro atoms. The molecule has 0 bridgehead atoms. The van der Waals surface area contributed by atoms with Gasteiger partial charge in [0.1, 0.15) is 5.82 Å². The number of hydrogen-bond acceptors (Lipinski definition) is 2. The Bertz CT molecular complexity index is 903. The molecule has 154 valence electrons. The van der Waals surface area contributed by atoms with Crippen LogP contribution in [0, 0.1) is 18.2 Å². The van der Waals surface area contributed by atoms with Crippen LogP contribution in [-0.4, -0.2) is 29.9 Å². The molecule has 1 aliphatic rings. The van der Waals surface area contributed by atoms with Gasteiger partial charge in [-0.2, -0.15) is 0 Å². The van der Waals surface area contributed by atoms with E-state index in [0.29, 0.717) is 26.1 Å². The van der Waals surface area contributed by atoms with Crippen LogP contribution in [0.5, 0.6) is 0 Å². The number of amides is 3. The fraction of sp³-hybridized carbons (Fsp3) is 0.364. The number of aryl methyl sites for hydroxylation is 1. The van der Waals surface area contributed by atoms with Gasteiger partial charge in [-0.25, -0.2) is 9.18 Å². The third kappa shape index (κ3) is 5.35. The minimum absolute atomic E-state index is 0.0983. The van der Waals surface area contributed by atoms with Gasteiger partial charge in [-0.15, -0.1) is 0 Å². The van der Waals surface area contributed by atoms with E-state index in [1.807, 2.05) is 32.0 Å². The molecular weight excluding hydrogens is 437 g/mol. The number of urea groups is 1. The van der Waals surface area contributed by atoms with Gasteiger partial charge in [-0.05, 0) is 68.1 Å². The highest BCUT2D eigenvalue weighted by atomic mass is 79.9. The number of carbonyl (C=O) groups excluding carboxylic acids is 2. The lowest BCUT2D eigenvalue weighted by Gasteiger charge is -2.39. The fourth-order valence-corrected chi connectivity index (χ4v) is 3.77. The number of nitrogens with one attached hydrogen (secondary N) is 2. The third-order valence-electron chi connectivity index (χ3n) is 5.31. The maximum Gasteiger partial charge on any atom is 0.321 e. The van der Waals surface area contributed by atoms with Gasteiger partial charge < -0.3 is 15.5 Å². The molecule has 29 heavy (non-hydrogen) atoms. The zero-order valence-electron chi connectivity index (χ0n) is 16.6. The summed E-state index contributed by atoms with van der Waals surface area (Å²) in [6.07, 6.45) is 1.47. The summed E-state index contributed by atoms with van der Waals surface area (Å²) in [6.45, 7) is 5.14. The van der Waals surface area contributed by atoms with E-state index >= 15 is 0 Å². The molecule has 7 heteroatoms. The number of rotatable bonds is 4. The molecular formula is C22H25BrFN3O2. The summed E-state index contributed by atoms with van der Waals surface area (Å²) in [5.41, 5.74) is 1.93. The second-order valence-corrected chi connectivity index (χ2v) is 8.64. The van der Waals surface area contributed by atoms with E-state index in [0.717, 1.165) is 27.7 Å². The molecule has 1 saturated heterocycles. The normalized spacial score (nSPS) is 19.0. The van der Waals surface area contributed by atoms with E-state index in [2.05, 4.69) is 26.6 Å². The molecule has 3 rings (SSSR count). The van der Waals surface area contributed by atoms with E-state index in [-0.39, 0.29) is 17.8 Å². The van der Waals surface area contributed by atoms with Gasteiger partial charge in [0.25, 0.3) is 0 Å². The highest BCUT2D eigenvalue weighted by Gasteiger charge is 2.39. The summed E-state index contributed by atoms with van der Waals surface area (Å²) >= 11 is 3.45. The van der Waals surface area contributed by atoms with Crippen molar-refractivity contribution in [3.8, 4) is 0 Å². The monoisotopic (exact) mass is 461 g/mol. The molecule has 0 saturated carbocycles. The molecule has 5 nitrogen and oxygen atoms in total. The largest absolute Gasteiger partial charge is 0.351 e. The summed E-state index contributed by atoms with van der Waals surface area (Å²) in [6, 6.07) is 11.5. The van der Waals surface area contributed by atoms with Crippen LogP contribution in [0.15, 0.2) is 46.9 Å². The van der Waals surface area contributed by atoms with E-state index in [9.17, 15) is 14.0 Å². The second kappa shape index (κ2) is 8.95. The van der Waals surface area contributed by atoms with Gasteiger partial charge >= 0.3 is 6.03 Å². The SMILES string of the molecule is Cc1cc(NC(=O)N2CCCC(C)(C(=O)NCc3ccc(F)cc3)C2)ccc1Br. The van der Waals surface area contributed by atoms with Crippen molar-refractivity contribution in [2.24, 2.45) is 5.41 Å². The minimum Gasteiger partial charge on any atom is -0.351 e. The van der Waals surface area contributed by atoms with Gasteiger partial charge in [-0.1, -0.05) is 28.1 Å². The van der Waals surface area contributed by atoms with Crippen LogP contribution in [0.25, 0.3) is 0 Å². The zero-order chi connectivity index (χ0) is 21.0.